The molecular formula is C14H17N5. The van der Waals surface area contributed by atoms with Gasteiger partial charge in [0.15, 0.2) is 11.3 Å². The van der Waals surface area contributed by atoms with Gasteiger partial charge < -0.3 is 4.90 Å². The molecule has 1 aromatic carbocycles. The zero-order chi connectivity index (χ0) is 14.0. The maximum Gasteiger partial charge on any atom is 0.176 e. The maximum absolute atomic E-state index is 8.12. The highest BCUT2D eigenvalue weighted by molar-refractivity contribution is 5.79. The van der Waals surface area contributed by atoms with Gasteiger partial charge in [0.2, 0.25) is 0 Å². The number of hydrogen-bond acceptors (Lipinski definition) is 4. The van der Waals surface area contributed by atoms with Gasteiger partial charge in [0, 0.05) is 25.1 Å². The van der Waals surface area contributed by atoms with Crippen molar-refractivity contribution in [2.75, 3.05) is 11.9 Å². The summed E-state index contributed by atoms with van der Waals surface area (Å²) in [5.74, 6) is 0.823. The lowest BCUT2D eigenvalue weighted by Crippen LogP contribution is -2.30. The SMILES string of the molecule is CC(=N)n1ccnc(N(C)c2ccc(C)cc2)c1=N. The quantitative estimate of drug-likeness (QED) is 0.638. The van der Waals surface area contributed by atoms with E-state index < -0.39 is 0 Å². The molecular weight excluding hydrogens is 238 g/mol. The minimum atomic E-state index is 0.207. The average molecular weight is 255 g/mol. The van der Waals surface area contributed by atoms with Crippen LogP contribution in [-0.4, -0.2) is 22.4 Å². The van der Waals surface area contributed by atoms with Crippen LogP contribution in [0.1, 0.15) is 12.5 Å². The monoisotopic (exact) mass is 255 g/mol. The molecule has 5 nitrogen and oxygen atoms in total. The van der Waals surface area contributed by atoms with Crippen molar-refractivity contribution >= 4 is 17.3 Å². The standard InChI is InChI=1S/C14H17N5/c1-10-4-6-12(7-5-10)18(3)14-13(16)19(11(2)15)9-8-17-14/h4-9,15-16H,1-3H3. The van der Waals surface area contributed by atoms with E-state index in [0.29, 0.717) is 11.7 Å². The molecule has 2 rings (SSSR count). The Bertz CT molecular complexity index is 654. The van der Waals surface area contributed by atoms with E-state index in [2.05, 4.69) is 4.98 Å². The normalized spacial score (nSPS) is 10.3. The highest BCUT2D eigenvalue weighted by Gasteiger charge is 2.09. The molecule has 0 saturated carbocycles. The summed E-state index contributed by atoms with van der Waals surface area (Å²) >= 11 is 0. The van der Waals surface area contributed by atoms with Crippen LogP contribution in [-0.2, 0) is 0 Å². The van der Waals surface area contributed by atoms with Gasteiger partial charge in [-0.15, -0.1) is 0 Å². The molecule has 0 aliphatic carbocycles. The van der Waals surface area contributed by atoms with Crippen molar-refractivity contribution in [3.63, 3.8) is 0 Å². The molecule has 0 amide bonds. The molecule has 0 saturated heterocycles. The van der Waals surface area contributed by atoms with Gasteiger partial charge in [0.25, 0.3) is 0 Å². The molecule has 0 spiro atoms. The Morgan fingerprint density at radius 2 is 1.89 bits per heavy atom. The second-order valence-corrected chi connectivity index (χ2v) is 4.45. The Labute approximate surface area is 112 Å². The molecule has 0 fully saturated rings. The van der Waals surface area contributed by atoms with Gasteiger partial charge in [-0.25, -0.2) is 4.98 Å². The van der Waals surface area contributed by atoms with Crippen LogP contribution in [0, 0.1) is 17.7 Å². The van der Waals surface area contributed by atoms with Crippen molar-refractivity contribution < 1.29 is 0 Å². The summed E-state index contributed by atoms with van der Waals surface area (Å²) in [4.78, 5) is 6.09. The van der Waals surface area contributed by atoms with Crippen molar-refractivity contribution in [3.8, 4) is 0 Å². The van der Waals surface area contributed by atoms with Crippen molar-refractivity contribution in [1.29, 1.82) is 10.8 Å². The van der Waals surface area contributed by atoms with Crippen LogP contribution in [0.15, 0.2) is 36.7 Å². The number of nitrogens with zero attached hydrogens (tertiary/aromatic N) is 3. The molecule has 2 N–H and O–H groups in total. The summed E-state index contributed by atoms with van der Waals surface area (Å²) in [5.41, 5.74) is 2.36. The number of rotatable bonds is 2. The van der Waals surface area contributed by atoms with E-state index in [4.69, 9.17) is 10.8 Å². The summed E-state index contributed by atoms with van der Waals surface area (Å²) in [5, 5.41) is 15.8. The van der Waals surface area contributed by atoms with Crippen LogP contribution < -0.4 is 10.4 Å². The fraction of sp³-hybridized carbons (Fsp3) is 0.214. The maximum atomic E-state index is 8.12. The van der Waals surface area contributed by atoms with E-state index in [1.807, 2.05) is 43.1 Å². The summed E-state index contributed by atoms with van der Waals surface area (Å²) in [6.45, 7) is 3.68. The topological polar surface area (TPSA) is 68.8 Å². The first-order chi connectivity index (χ1) is 9.00. The van der Waals surface area contributed by atoms with E-state index in [0.717, 1.165) is 5.69 Å². The lowest BCUT2D eigenvalue weighted by molar-refractivity contribution is 0.906. The van der Waals surface area contributed by atoms with E-state index in [1.165, 1.54) is 10.1 Å². The van der Waals surface area contributed by atoms with E-state index in [1.54, 1.807) is 19.3 Å². The van der Waals surface area contributed by atoms with Gasteiger partial charge in [0.1, 0.15) is 5.84 Å². The molecule has 1 aromatic heterocycles. The highest BCUT2D eigenvalue weighted by atomic mass is 15.2. The third kappa shape index (κ3) is 2.54. The third-order valence-corrected chi connectivity index (χ3v) is 2.97. The van der Waals surface area contributed by atoms with E-state index >= 15 is 0 Å². The van der Waals surface area contributed by atoms with Crippen molar-refractivity contribution in [1.82, 2.24) is 9.55 Å². The molecule has 0 bridgehead atoms. The lowest BCUT2D eigenvalue weighted by Gasteiger charge is -2.19. The molecule has 5 heteroatoms. The van der Waals surface area contributed by atoms with Crippen LogP contribution >= 0.6 is 0 Å². The van der Waals surface area contributed by atoms with Crippen LogP contribution in [0.4, 0.5) is 11.5 Å². The number of aryl methyl sites for hydroxylation is 1. The molecule has 0 atom stereocenters. The van der Waals surface area contributed by atoms with Crippen molar-refractivity contribution in [2.24, 2.45) is 0 Å². The first-order valence-corrected chi connectivity index (χ1v) is 5.99. The first kappa shape index (κ1) is 13.0. The van der Waals surface area contributed by atoms with E-state index in [9.17, 15) is 0 Å². The number of aromatic nitrogens is 2. The third-order valence-electron chi connectivity index (χ3n) is 2.97. The summed E-state index contributed by atoms with van der Waals surface area (Å²) < 4.78 is 1.49. The minimum absolute atomic E-state index is 0.207. The minimum Gasteiger partial charge on any atom is -0.326 e. The molecule has 2 aromatic rings. The van der Waals surface area contributed by atoms with Gasteiger partial charge in [-0.2, -0.15) is 0 Å². The number of hydrogen-bond donors (Lipinski definition) is 2. The summed E-state index contributed by atoms with van der Waals surface area (Å²) in [7, 11) is 1.87. The molecule has 0 unspecified atom stereocenters. The molecule has 98 valence electrons. The van der Waals surface area contributed by atoms with Crippen LogP contribution in [0.5, 0.6) is 0 Å². The van der Waals surface area contributed by atoms with E-state index in [-0.39, 0.29) is 5.49 Å². The Morgan fingerprint density at radius 1 is 1.26 bits per heavy atom. The Morgan fingerprint density at radius 3 is 2.47 bits per heavy atom. The molecule has 0 aliphatic heterocycles. The fourth-order valence-corrected chi connectivity index (χ4v) is 1.83. The smallest absolute Gasteiger partial charge is 0.176 e. The summed E-state index contributed by atoms with van der Waals surface area (Å²) in [6.07, 6.45) is 3.23. The number of benzene rings is 1. The zero-order valence-electron chi connectivity index (χ0n) is 11.3. The fourth-order valence-electron chi connectivity index (χ4n) is 1.83. The molecule has 19 heavy (non-hydrogen) atoms. The Hall–Kier alpha value is -2.43. The Balaban J connectivity index is 2.47. The van der Waals surface area contributed by atoms with Crippen LogP contribution in [0.2, 0.25) is 0 Å². The van der Waals surface area contributed by atoms with Crippen LogP contribution in [0.25, 0.3) is 0 Å². The highest BCUT2D eigenvalue weighted by Crippen LogP contribution is 2.18. The Kier molecular flexibility index (Phi) is 3.46. The second kappa shape index (κ2) is 5.06. The largest absolute Gasteiger partial charge is 0.326 e. The van der Waals surface area contributed by atoms with Crippen molar-refractivity contribution in [3.05, 3.63) is 47.7 Å². The van der Waals surface area contributed by atoms with Gasteiger partial charge >= 0.3 is 0 Å². The second-order valence-electron chi connectivity index (χ2n) is 4.45. The lowest BCUT2D eigenvalue weighted by atomic mass is 10.2. The molecule has 0 aliphatic rings. The van der Waals surface area contributed by atoms with Crippen molar-refractivity contribution in [2.45, 2.75) is 13.8 Å². The van der Waals surface area contributed by atoms with Gasteiger partial charge in [-0.3, -0.25) is 15.4 Å². The molecule has 1 heterocycles. The van der Waals surface area contributed by atoms with Gasteiger partial charge in [-0.05, 0) is 26.0 Å². The number of anilines is 2. The summed E-state index contributed by atoms with van der Waals surface area (Å²) in [6, 6.07) is 8.03. The predicted octanol–water partition coefficient (Wildman–Crippen LogP) is 2.28. The predicted molar refractivity (Wildman–Crippen MR) is 76.1 cm³/mol. The number of nitrogens with one attached hydrogen (secondary N) is 2. The van der Waals surface area contributed by atoms with Gasteiger partial charge in [-0.1, -0.05) is 17.7 Å². The van der Waals surface area contributed by atoms with Crippen LogP contribution in [0.3, 0.4) is 0 Å². The first-order valence-electron chi connectivity index (χ1n) is 5.99. The molecule has 0 radical (unpaired) electrons. The zero-order valence-corrected chi connectivity index (χ0v) is 11.3. The van der Waals surface area contributed by atoms with Gasteiger partial charge in [0.05, 0.1) is 0 Å². The average Bonchev–Trinajstić information content (AvgIpc) is 2.38.